The van der Waals surface area contributed by atoms with Crippen LogP contribution < -0.4 is 5.32 Å². The molecule has 0 saturated heterocycles. The Morgan fingerprint density at radius 2 is 2.04 bits per heavy atom. The number of anilines is 1. The van der Waals surface area contributed by atoms with Gasteiger partial charge in [0.25, 0.3) is 5.91 Å². The topological polar surface area (TPSA) is 89.0 Å². The zero-order valence-electron chi connectivity index (χ0n) is 14.8. The van der Waals surface area contributed by atoms with Gasteiger partial charge in [-0.25, -0.2) is 18.4 Å². The first-order valence-electron chi connectivity index (χ1n) is 8.72. The van der Waals surface area contributed by atoms with Crippen LogP contribution >= 0.6 is 22.9 Å². The van der Waals surface area contributed by atoms with E-state index in [2.05, 4.69) is 15.3 Å². The van der Waals surface area contributed by atoms with Crippen LogP contribution in [0.3, 0.4) is 0 Å². The van der Waals surface area contributed by atoms with Gasteiger partial charge in [-0.1, -0.05) is 48.8 Å². The SMILES string of the molecule is CCS(=O)(=O)c1ccc(/C(=C\C2CCCC2)C(=O)Nc2ncc(Cl)s2)cn1. The van der Waals surface area contributed by atoms with Crippen molar-refractivity contribution in [2.24, 2.45) is 5.92 Å². The zero-order valence-corrected chi connectivity index (χ0v) is 17.2. The number of carbonyl (C=O) groups excluding carboxylic acids is 1. The van der Waals surface area contributed by atoms with Crippen LogP contribution in [0.25, 0.3) is 5.57 Å². The molecule has 0 radical (unpaired) electrons. The number of nitrogens with one attached hydrogen (secondary N) is 1. The molecule has 2 aromatic heterocycles. The first-order chi connectivity index (χ1) is 12.9. The van der Waals surface area contributed by atoms with Crippen molar-refractivity contribution >= 4 is 49.4 Å². The summed E-state index contributed by atoms with van der Waals surface area (Å²) >= 11 is 7.06. The van der Waals surface area contributed by atoms with Crippen LogP contribution in [0.1, 0.15) is 38.2 Å². The molecule has 0 aliphatic heterocycles. The monoisotopic (exact) mass is 425 g/mol. The third-order valence-corrected chi connectivity index (χ3v) is 7.16. The van der Waals surface area contributed by atoms with E-state index in [-0.39, 0.29) is 16.7 Å². The number of pyridine rings is 1. The predicted octanol–water partition coefficient (Wildman–Crippen LogP) is 4.20. The highest BCUT2D eigenvalue weighted by molar-refractivity contribution is 7.91. The van der Waals surface area contributed by atoms with Crippen molar-refractivity contribution in [2.75, 3.05) is 11.1 Å². The number of halogens is 1. The summed E-state index contributed by atoms with van der Waals surface area (Å²) in [4.78, 5) is 21.0. The van der Waals surface area contributed by atoms with E-state index in [0.29, 0.717) is 26.5 Å². The molecule has 2 heterocycles. The third kappa shape index (κ3) is 4.94. The highest BCUT2D eigenvalue weighted by Crippen LogP contribution is 2.30. The van der Waals surface area contributed by atoms with Gasteiger partial charge in [-0.3, -0.25) is 10.1 Å². The summed E-state index contributed by atoms with van der Waals surface area (Å²) in [5.74, 6) is 0.000538. The molecule has 1 aliphatic rings. The number of hydrogen-bond acceptors (Lipinski definition) is 6. The van der Waals surface area contributed by atoms with E-state index in [9.17, 15) is 13.2 Å². The van der Waals surface area contributed by atoms with E-state index in [1.165, 1.54) is 29.8 Å². The molecule has 2 aromatic rings. The number of allylic oxidation sites excluding steroid dienone is 1. The number of aromatic nitrogens is 2. The van der Waals surface area contributed by atoms with Crippen LogP contribution in [0.4, 0.5) is 5.13 Å². The van der Waals surface area contributed by atoms with Crippen LogP contribution in [0, 0.1) is 5.92 Å². The van der Waals surface area contributed by atoms with Crippen molar-refractivity contribution in [3.8, 4) is 0 Å². The highest BCUT2D eigenvalue weighted by atomic mass is 35.5. The first-order valence-corrected chi connectivity index (χ1v) is 11.6. The van der Waals surface area contributed by atoms with Crippen molar-refractivity contribution < 1.29 is 13.2 Å². The van der Waals surface area contributed by atoms with Crippen molar-refractivity contribution in [3.05, 3.63) is 40.5 Å². The average Bonchev–Trinajstić information content (AvgIpc) is 3.31. The maximum Gasteiger partial charge on any atom is 0.257 e. The quantitative estimate of drug-likeness (QED) is 0.700. The van der Waals surface area contributed by atoms with Crippen LogP contribution in [-0.4, -0.2) is 30.0 Å². The largest absolute Gasteiger partial charge is 0.298 e. The Hall–Kier alpha value is -1.77. The molecular weight excluding hydrogens is 406 g/mol. The van der Waals surface area contributed by atoms with Crippen molar-refractivity contribution in [3.63, 3.8) is 0 Å². The molecule has 0 unspecified atom stereocenters. The lowest BCUT2D eigenvalue weighted by Gasteiger charge is -2.11. The van der Waals surface area contributed by atoms with Gasteiger partial charge in [0.15, 0.2) is 20.0 Å². The maximum atomic E-state index is 12.8. The molecule has 1 aliphatic carbocycles. The fourth-order valence-electron chi connectivity index (χ4n) is 3.01. The average molecular weight is 426 g/mol. The minimum absolute atomic E-state index is 0.0149. The fraction of sp³-hybridized carbons (Fsp3) is 0.389. The Kier molecular flexibility index (Phi) is 6.29. The summed E-state index contributed by atoms with van der Waals surface area (Å²) in [7, 11) is -3.38. The molecule has 0 atom stereocenters. The van der Waals surface area contributed by atoms with Crippen molar-refractivity contribution in [1.82, 2.24) is 9.97 Å². The molecule has 0 aromatic carbocycles. The molecule has 9 heteroatoms. The standard InChI is InChI=1S/C18H20ClN3O3S2/c1-2-27(24,25)16-8-7-13(10-20-16)14(9-12-5-3-4-6-12)17(23)22-18-21-11-15(19)26-18/h7-12H,2-6H2,1H3,(H,21,22,23)/b14-9+. The lowest BCUT2D eigenvalue weighted by Crippen LogP contribution is -2.15. The Morgan fingerprint density at radius 1 is 1.30 bits per heavy atom. The summed E-state index contributed by atoms with van der Waals surface area (Å²) in [5.41, 5.74) is 1.05. The molecule has 6 nitrogen and oxygen atoms in total. The number of hydrogen-bond donors (Lipinski definition) is 1. The lowest BCUT2D eigenvalue weighted by atomic mass is 9.99. The molecule has 0 bridgehead atoms. The fourth-order valence-corrected chi connectivity index (χ4v) is 4.60. The molecular formula is C18H20ClN3O3S2. The Bertz CT molecular complexity index is 946. The van der Waals surface area contributed by atoms with Gasteiger partial charge in [-0.15, -0.1) is 0 Å². The van der Waals surface area contributed by atoms with Crippen LogP contribution in [0.15, 0.2) is 35.6 Å². The zero-order chi connectivity index (χ0) is 19.4. The summed E-state index contributed by atoms with van der Waals surface area (Å²) in [6, 6.07) is 3.08. The Morgan fingerprint density at radius 3 is 2.59 bits per heavy atom. The number of thiazole rings is 1. The van der Waals surface area contributed by atoms with Crippen LogP contribution in [0.2, 0.25) is 4.34 Å². The summed E-state index contributed by atoms with van der Waals surface area (Å²) in [5, 5.41) is 3.19. The summed E-state index contributed by atoms with van der Waals surface area (Å²) < 4.78 is 24.4. The second-order valence-corrected chi connectivity index (χ2v) is 10.2. The van der Waals surface area contributed by atoms with Crippen molar-refractivity contribution in [1.29, 1.82) is 0 Å². The van der Waals surface area contributed by atoms with Gasteiger partial charge in [-0.2, -0.15) is 0 Å². The van der Waals surface area contributed by atoms with Gasteiger partial charge in [-0.05, 0) is 30.9 Å². The molecule has 1 N–H and O–H groups in total. The summed E-state index contributed by atoms with van der Waals surface area (Å²) in [6.07, 6.45) is 9.24. The predicted molar refractivity (Wildman–Crippen MR) is 108 cm³/mol. The molecule has 3 rings (SSSR count). The number of rotatable bonds is 6. The van der Waals surface area contributed by atoms with E-state index in [4.69, 9.17) is 11.6 Å². The van der Waals surface area contributed by atoms with E-state index < -0.39 is 9.84 Å². The number of sulfone groups is 1. The van der Waals surface area contributed by atoms with Gasteiger partial charge >= 0.3 is 0 Å². The van der Waals surface area contributed by atoms with Crippen LogP contribution in [-0.2, 0) is 14.6 Å². The van der Waals surface area contributed by atoms with Crippen molar-refractivity contribution in [2.45, 2.75) is 37.6 Å². The second kappa shape index (κ2) is 8.50. The number of amides is 1. The van der Waals surface area contributed by atoms with E-state index in [0.717, 1.165) is 25.7 Å². The molecule has 27 heavy (non-hydrogen) atoms. The molecule has 1 fully saturated rings. The number of nitrogens with zero attached hydrogens (tertiary/aromatic N) is 2. The molecule has 1 saturated carbocycles. The van der Waals surface area contributed by atoms with E-state index >= 15 is 0 Å². The minimum Gasteiger partial charge on any atom is -0.298 e. The van der Waals surface area contributed by atoms with Gasteiger partial charge < -0.3 is 0 Å². The molecule has 0 spiro atoms. The van der Waals surface area contributed by atoms with Gasteiger partial charge in [0.05, 0.1) is 11.9 Å². The first kappa shape index (κ1) is 20.0. The molecule has 144 valence electrons. The molecule has 1 amide bonds. The third-order valence-electron chi connectivity index (χ3n) is 4.49. The van der Waals surface area contributed by atoms with Crippen LogP contribution in [0.5, 0.6) is 0 Å². The normalized spacial score (nSPS) is 15.9. The minimum atomic E-state index is -3.38. The summed E-state index contributed by atoms with van der Waals surface area (Å²) in [6.45, 7) is 1.57. The van der Waals surface area contributed by atoms with E-state index in [1.54, 1.807) is 13.0 Å². The number of carbonyl (C=O) groups is 1. The van der Waals surface area contributed by atoms with E-state index in [1.807, 2.05) is 6.08 Å². The smallest absolute Gasteiger partial charge is 0.257 e. The van der Waals surface area contributed by atoms with Gasteiger partial charge in [0.1, 0.15) is 4.34 Å². The Balaban J connectivity index is 1.91. The Labute approximate surface area is 167 Å². The van der Waals surface area contributed by atoms with Gasteiger partial charge in [0.2, 0.25) is 0 Å². The van der Waals surface area contributed by atoms with Gasteiger partial charge in [0, 0.05) is 17.3 Å². The maximum absolute atomic E-state index is 12.8. The highest BCUT2D eigenvalue weighted by Gasteiger charge is 2.20. The lowest BCUT2D eigenvalue weighted by molar-refractivity contribution is -0.111. The second-order valence-electron chi connectivity index (χ2n) is 6.34.